The van der Waals surface area contributed by atoms with Gasteiger partial charge in [-0.3, -0.25) is 4.79 Å². The molecule has 3 nitrogen and oxygen atoms in total. The molecule has 0 aromatic heterocycles. The van der Waals surface area contributed by atoms with Gasteiger partial charge in [0.25, 0.3) is 0 Å². The van der Waals surface area contributed by atoms with Gasteiger partial charge in [0.15, 0.2) is 0 Å². The Morgan fingerprint density at radius 3 is 1.24 bits per heavy atom. The third kappa shape index (κ3) is 44.4. The average Bonchev–Trinajstić information content (AvgIpc) is 3.10. The van der Waals surface area contributed by atoms with Crippen LogP contribution in [0.25, 0.3) is 0 Å². The Hall–Kier alpha value is -1.61. The van der Waals surface area contributed by atoms with Gasteiger partial charge in [0, 0.05) is 6.42 Å². The molecule has 0 unspecified atom stereocenters. The predicted molar refractivity (Wildman–Crippen MR) is 222 cm³/mol. The fourth-order valence-corrected chi connectivity index (χ4v) is 5.92. The van der Waals surface area contributed by atoms with Gasteiger partial charge in [-0.15, -0.1) is 0 Å². The highest BCUT2D eigenvalue weighted by Gasteiger charge is 2.14. The summed E-state index contributed by atoms with van der Waals surface area (Å²) in [5.74, 6) is 0.0221. The van der Waals surface area contributed by atoms with Crippen molar-refractivity contribution >= 4 is 5.97 Å². The number of hydrogen-bond acceptors (Lipinski definition) is 3. The molecular weight excluding hydrogens is 599 g/mol. The highest BCUT2D eigenvalue weighted by Crippen LogP contribution is 2.18. The Kier molecular flexibility index (Phi) is 44.9. The van der Waals surface area contributed by atoms with Crippen LogP contribution in [0.1, 0.15) is 214 Å². The molecule has 0 aliphatic heterocycles. The van der Waals surface area contributed by atoms with Gasteiger partial charge in [0.2, 0.25) is 0 Å². The summed E-state index contributed by atoms with van der Waals surface area (Å²) in [6.07, 6.45) is 53.9. The molecule has 0 heterocycles. The van der Waals surface area contributed by atoms with Crippen molar-refractivity contribution in [3.63, 3.8) is 0 Å². The molecule has 49 heavy (non-hydrogen) atoms. The summed E-state index contributed by atoms with van der Waals surface area (Å²) in [5.41, 5.74) is 0. The van der Waals surface area contributed by atoms with E-state index in [4.69, 9.17) is 4.74 Å². The molecular formula is C46H87NO2. The molecule has 0 amide bonds. The highest BCUT2D eigenvalue weighted by molar-refractivity contribution is 5.69. The van der Waals surface area contributed by atoms with Gasteiger partial charge in [-0.1, -0.05) is 153 Å². The van der Waals surface area contributed by atoms with E-state index in [0.29, 0.717) is 6.42 Å². The fraction of sp³-hybridized carbons (Fsp3) is 0.804. The molecule has 0 N–H and O–H groups in total. The van der Waals surface area contributed by atoms with Gasteiger partial charge in [0.1, 0.15) is 6.10 Å². The van der Waals surface area contributed by atoms with Crippen molar-refractivity contribution in [3.05, 3.63) is 48.6 Å². The standard InChI is InChI=1S/C44H81NO2.C2H6/c1-5-7-9-11-13-15-17-19-21-23-25-27-29-31-33-35-39-43(47-44(46)41-37-38-42-45(3)4)40-36-34-32-30-28-26-24-22-20-18-16-14-12-10-8-6-2;1-2/h13-16,19-22,43H,5-12,17-18,23-42H2,1-4H3;1-2H3/b15-13-,16-14-,21-19-,22-20-;. The predicted octanol–water partition coefficient (Wildman–Crippen LogP) is 15.1. The molecule has 0 aliphatic carbocycles. The van der Waals surface area contributed by atoms with Crippen molar-refractivity contribution in [2.24, 2.45) is 0 Å². The molecule has 3 heteroatoms. The summed E-state index contributed by atoms with van der Waals surface area (Å²) >= 11 is 0. The number of ether oxygens (including phenoxy) is 1. The maximum atomic E-state index is 12.6. The summed E-state index contributed by atoms with van der Waals surface area (Å²) in [5, 5.41) is 0. The van der Waals surface area contributed by atoms with Crippen molar-refractivity contribution < 1.29 is 9.53 Å². The number of unbranched alkanes of at least 4 members (excludes halogenated alkanes) is 19. The zero-order valence-electron chi connectivity index (χ0n) is 34.2. The van der Waals surface area contributed by atoms with E-state index < -0.39 is 0 Å². The minimum atomic E-state index is 0.0221. The zero-order chi connectivity index (χ0) is 36.3. The van der Waals surface area contributed by atoms with E-state index in [1.165, 1.54) is 141 Å². The number of carbonyl (C=O) groups is 1. The molecule has 0 rings (SSSR count). The minimum Gasteiger partial charge on any atom is -0.462 e. The normalized spacial score (nSPS) is 12.0. The first-order valence-corrected chi connectivity index (χ1v) is 21.5. The number of esters is 1. The van der Waals surface area contributed by atoms with Crippen LogP contribution in [-0.4, -0.2) is 37.6 Å². The maximum absolute atomic E-state index is 12.6. The lowest BCUT2D eigenvalue weighted by Gasteiger charge is -2.18. The van der Waals surface area contributed by atoms with E-state index in [-0.39, 0.29) is 12.1 Å². The summed E-state index contributed by atoms with van der Waals surface area (Å²) in [6.45, 7) is 9.56. The van der Waals surface area contributed by atoms with E-state index >= 15 is 0 Å². The van der Waals surface area contributed by atoms with Crippen LogP contribution in [0.5, 0.6) is 0 Å². The van der Waals surface area contributed by atoms with Gasteiger partial charge < -0.3 is 9.64 Å². The highest BCUT2D eigenvalue weighted by atomic mass is 16.5. The monoisotopic (exact) mass is 686 g/mol. The second kappa shape index (κ2) is 44.4. The SMILES string of the molecule is CC.CCCCC/C=C\C/C=C\CCCCCCCCC(CCCCCCCC/C=C\C/C=C\CCCCC)OC(=O)CCCCN(C)C. The van der Waals surface area contributed by atoms with E-state index in [0.717, 1.165) is 45.1 Å². The molecule has 0 aromatic rings. The third-order valence-electron chi connectivity index (χ3n) is 8.99. The van der Waals surface area contributed by atoms with E-state index in [1.54, 1.807) is 0 Å². The lowest BCUT2D eigenvalue weighted by atomic mass is 10.0. The quantitative estimate of drug-likeness (QED) is 0.0373. The number of carbonyl (C=O) groups excluding carboxylic acids is 1. The second-order valence-electron chi connectivity index (χ2n) is 14.1. The molecule has 0 aromatic carbocycles. The molecule has 0 bridgehead atoms. The third-order valence-corrected chi connectivity index (χ3v) is 8.99. The molecule has 0 atom stereocenters. The van der Waals surface area contributed by atoms with Crippen molar-refractivity contribution in [1.82, 2.24) is 4.90 Å². The van der Waals surface area contributed by atoms with Gasteiger partial charge in [-0.05, 0) is 123 Å². The van der Waals surface area contributed by atoms with Crippen molar-refractivity contribution in [1.29, 1.82) is 0 Å². The first-order valence-electron chi connectivity index (χ1n) is 21.5. The largest absolute Gasteiger partial charge is 0.462 e. The van der Waals surface area contributed by atoms with Crippen molar-refractivity contribution in [2.75, 3.05) is 20.6 Å². The van der Waals surface area contributed by atoms with Crippen LogP contribution in [0.15, 0.2) is 48.6 Å². The lowest BCUT2D eigenvalue weighted by Crippen LogP contribution is -2.19. The number of nitrogens with zero attached hydrogens (tertiary/aromatic N) is 1. The van der Waals surface area contributed by atoms with Crippen LogP contribution in [0.3, 0.4) is 0 Å². The zero-order valence-corrected chi connectivity index (χ0v) is 34.2. The summed E-state index contributed by atoms with van der Waals surface area (Å²) in [4.78, 5) is 14.8. The Labute approximate surface area is 308 Å². The number of rotatable bonds is 36. The minimum absolute atomic E-state index is 0.0221. The molecule has 0 saturated heterocycles. The molecule has 0 fully saturated rings. The number of hydrogen-bond donors (Lipinski definition) is 0. The Morgan fingerprint density at radius 2 is 0.857 bits per heavy atom. The van der Waals surface area contributed by atoms with Gasteiger partial charge in [0.05, 0.1) is 0 Å². The van der Waals surface area contributed by atoms with E-state index in [2.05, 4.69) is 81.5 Å². The Balaban J connectivity index is 0. The van der Waals surface area contributed by atoms with Crippen LogP contribution in [0.2, 0.25) is 0 Å². The molecule has 288 valence electrons. The second-order valence-corrected chi connectivity index (χ2v) is 14.1. The van der Waals surface area contributed by atoms with Crippen LogP contribution in [0, 0.1) is 0 Å². The van der Waals surface area contributed by atoms with E-state index in [9.17, 15) is 4.79 Å². The van der Waals surface area contributed by atoms with Gasteiger partial charge >= 0.3 is 5.97 Å². The summed E-state index contributed by atoms with van der Waals surface area (Å²) in [7, 11) is 4.18. The number of allylic oxidation sites excluding steroid dienone is 8. The van der Waals surface area contributed by atoms with E-state index in [1.807, 2.05) is 13.8 Å². The molecule has 0 aliphatic rings. The summed E-state index contributed by atoms with van der Waals surface area (Å²) in [6, 6.07) is 0. The van der Waals surface area contributed by atoms with Crippen LogP contribution < -0.4 is 0 Å². The van der Waals surface area contributed by atoms with Crippen LogP contribution in [-0.2, 0) is 9.53 Å². The van der Waals surface area contributed by atoms with Gasteiger partial charge in [-0.2, -0.15) is 0 Å². The first-order chi connectivity index (χ1) is 24.1. The summed E-state index contributed by atoms with van der Waals surface area (Å²) < 4.78 is 6.03. The van der Waals surface area contributed by atoms with Crippen molar-refractivity contribution in [2.45, 2.75) is 220 Å². The average molecular weight is 686 g/mol. The van der Waals surface area contributed by atoms with Crippen molar-refractivity contribution in [3.8, 4) is 0 Å². The molecule has 0 spiro atoms. The molecule has 0 saturated carbocycles. The topological polar surface area (TPSA) is 29.5 Å². The Morgan fingerprint density at radius 1 is 0.490 bits per heavy atom. The Bertz CT molecular complexity index is 702. The smallest absolute Gasteiger partial charge is 0.306 e. The van der Waals surface area contributed by atoms with Crippen LogP contribution >= 0.6 is 0 Å². The fourth-order valence-electron chi connectivity index (χ4n) is 5.92. The lowest BCUT2D eigenvalue weighted by molar-refractivity contribution is -0.150. The van der Waals surface area contributed by atoms with Gasteiger partial charge in [-0.25, -0.2) is 0 Å². The molecule has 0 radical (unpaired) electrons. The first kappa shape index (κ1) is 49.5. The maximum Gasteiger partial charge on any atom is 0.306 e. The van der Waals surface area contributed by atoms with Crippen LogP contribution in [0.4, 0.5) is 0 Å².